The number of thiophene rings is 1. The van der Waals surface area contributed by atoms with Gasteiger partial charge in [0.1, 0.15) is 6.33 Å². The molecule has 0 atom stereocenters. The van der Waals surface area contributed by atoms with E-state index in [1.165, 1.54) is 35.3 Å². The van der Waals surface area contributed by atoms with Crippen LogP contribution in [-0.4, -0.2) is 50.4 Å². The quantitative estimate of drug-likeness (QED) is 0.449. The zero-order valence-corrected chi connectivity index (χ0v) is 16.3. The highest BCUT2D eigenvalue weighted by molar-refractivity contribution is 7.14. The maximum atomic E-state index is 12.4. The van der Waals surface area contributed by atoms with Crippen molar-refractivity contribution in [3.05, 3.63) is 45.7 Å². The van der Waals surface area contributed by atoms with Crippen molar-refractivity contribution in [1.29, 1.82) is 0 Å². The predicted octanol–water partition coefficient (Wildman–Crippen LogP) is 1.47. The van der Waals surface area contributed by atoms with E-state index in [1.54, 1.807) is 6.07 Å². The second-order valence-corrected chi connectivity index (χ2v) is 7.11. The van der Waals surface area contributed by atoms with Gasteiger partial charge in [-0.3, -0.25) is 9.59 Å². The number of esters is 1. The SMILES string of the molecule is CCc1c(C(=O)OCC(=O)c2ccc(CCNC(C)=O)s2)cnc2ncnn12. The highest BCUT2D eigenvalue weighted by atomic mass is 32.1. The molecule has 0 aliphatic rings. The molecule has 0 spiro atoms. The molecule has 0 unspecified atom stereocenters. The van der Waals surface area contributed by atoms with Gasteiger partial charge in [0.15, 0.2) is 6.61 Å². The molecule has 0 saturated carbocycles. The first-order chi connectivity index (χ1) is 13.5. The zero-order chi connectivity index (χ0) is 20.1. The molecule has 3 heterocycles. The molecule has 0 bridgehead atoms. The molecule has 1 amide bonds. The topological polar surface area (TPSA) is 116 Å². The van der Waals surface area contributed by atoms with E-state index in [-0.39, 0.29) is 23.9 Å². The van der Waals surface area contributed by atoms with Gasteiger partial charge in [-0.2, -0.15) is 10.1 Å². The Morgan fingerprint density at radius 2 is 2.07 bits per heavy atom. The van der Waals surface area contributed by atoms with Crippen molar-refractivity contribution in [3.8, 4) is 0 Å². The molecule has 3 aromatic rings. The van der Waals surface area contributed by atoms with Gasteiger partial charge >= 0.3 is 5.97 Å². The molecule has 3 rings (SSSR count). The molecule has 0 saturated heterocycles. The molecular formula is C18H19N5O4S. The lowest BCUT2D eigenvalue weighted by molar-refractivity contribution is -0.118. The number of carbonyl (C=O) groups is 3. The lowest BCUT2D eigenvalue weighted by Crippen LogP contribution is -2.22. The van der Waals surface area contributed by atoms with Crippen molar-refractivity contribution < 1.29 is 19.1 Å². The van der Waals surface area contributed by atoms with Crippen molar-refractivity contribution in [2.45, 2.75) is 26.7 Å². The van der Waals surface area contributed by atoms with Gasteiger partial charge in [-0.05, 0) is 25.0 Å². The predicted molar refractivity (Wildman–Crippen MR) is 101 cm³/mol. The highest BCUT2D eigenvalue weighted by Gasteiger charge is 2.19. The number of Topliss-reactive ketones (excluding diaryl/α,β-unsaturated/α-hetero) is 1. The number of nitrogens with zero attached hydrogens (tertiary/aromatic N) is 4. The van der Waals surface area contributed by atoms with Crippen LogP contribution in [0.3, 0.4) is 0 Å². The number of carbonyl (C=O) groups excluding carboxylic acids is 3. The normalized spacial score (nSPS) is 10.8. The minimum Gasteiger partial charge on any atom is -0.454 e. The van der Waals surface area contributed by atoms with Crippen LogP contribution >= 0.6 is 11.3 Å². The number of aromatic nitrogens is 4. The standard InChI is InChI=1S/C18H19N5O4S/c1-3-14-13(8-20-18-21-10-22-23(14)18)17(26)27-9-15(25)16-5-4-12(28-16)6-7-19-11(2)24/h4-5,8,10H,3,6-7,9H2,1-2H3,(H,19,24). The third kappa shape index (κ3) is 4.39. The molecule has 1 N–H and O–H groups in total. The third-order valence-corrected chi connectivity index (χ3v) is 5.16. The minimum atomic E-state index is -0.627. The van der Waals surface area contributed by atoms with E-state index in [0.717, 1.165) is 4.88 Å². The summed E-state index contributed by atoms with van der Waals surface area (Å²) in [5.41, 5.74) is 0.881. The summed E-state index contributed by atoms with van der Waals surface area (Å²) in [5.74, 6) is -0.603. The summed E-state index contributed by atoms with van der Waals surface area (Å²) < 4.78 is 6.68. The average molecular weight is 401 g/mol. The monoisotopic (exact) mass is 401 g/mol. The van der Waals surface area contributed by atoms with Crippen molar-refractivity contribution >= 4 is 34.8 Å². The van der Waals surface area contributed by atoms with Crippen LogP contribution < -0.4 is 5.32 Å². The number of ether oxygens (including phenoxy) is 1. The van der Waals surface area contributed by atoms with Crippen LogP contribution in [-0.2, 0) is 22.4 Å². The number of hydrogen-bond donors (Lipinski definition) is 1. The second kappa shape index (κ2) is 8.70. The summed E-state index contributed by atoms with van der Waals surface area (Å²) in [4.78, 5) is 45.2. The second-order valence-electron chi connectivity index (χ2n) is 5.94. The average Bonchev–Trinajstić information content (AvgIpc) is 3.34. The molecule has 28 heavy (non-hydrogen) atoms. The summed E-state index contributed by atoms with van der Waals surface area (Å²) >= 11 is 1.32. The van der Waals surface area contributed by atoms with Crippen LogP contribution in [0, 0.1) is 0 Å². The van der Waals surface area contributed by atoms with Crippen LogP contribution in [0.1, 0.15) is 44.4 Å². The molecule has 0 aliphatic heterocycles. The van der Waals surface area contributed by atoms with Crippen LogP contribution in [0.4, 0.5) is 0 Å². The summed E-state index contributed by atoms with van der Waals surface area (Å²) in [6, 6.07) is 3.53. The van der Waals surface area contributed by atoms with Crippen molar-refractivity contribution in [2.24, 2.45) is 0 Å². The Hall–Kier alpha value is -3.14. The van der Waals surface area contributed by atoms with Crippen molar-refractivity contribution in [1.82, 2.24) is 24.9 Å². The van der Waals surface area contributed by atoms with Gasteiger partial charge in [-0.1, -0.05) is 6.92 Å². The molecular weight excluding hydrogens is 382 g/mol. The maximum absolute atomic E-state index is 12.4. The Labute approximate surface area is 164 Å². The summed E-state index contributed by atoms with van der Waals surface area (Å²) in [5, 5.41) is 6.77. The fraction of sp³-hybridized carbons (Fsp3) is 0.333. The number of nitrogens with one attached hydrogen (secondary N) is 1. The molecule has 0 fully saturated rings. The third-order valence-electron chi connectivity index (χ3n) is 3.98. The number of rotatable bonds is 8. The number of hydrogen-bond acceptors (Lipinski definition) is 8. The Kier molecular flexibility index (Phi) is 6.09. The number of fused-ring (bicyclic) bond motifs is 1. The van der Waals surface area contributed by atoms with Gasteiger partial charge in [0.2, 0.25) is 11.7 Å². The first kappa shape index (κ1) is 19.6. The Morgan fingerprint density at radius 1 is 1.25 bits per heavy atom. The van der Waals surface area contributed by atoms with Gasteiger partial charge in [0.25, 0.3) is 5.78 Å². The van der Waals surface area contributed by atoms with E-state index in [4.69, 9.17) is 4.74 Å². The smallest absolute Gasteiger partial charge is 0.342 e. The van der Waals surface area contributed by atoms with Gasteiger partial charge < -0.3 is 10.1 Å². The first-order valence-corrected chi connectivity index (χ1v) is 9.52. The summed E-state index contributed by atoms with van der Waals surface area (Å²) in [6.45, 7) is 3.49. The molecule has 0 aliphatic carbocycles. The molecule has 9 nitrogen and oxygen atoms in total. The molecule has 146 valence electrons. The zero-order valence-electron chi connectivity index (χ0n) is 15.5. The van der Waals surface area contributed by atoms with E-state index in [1.807, 2.05) is 13.0 Å². The molecule has 0 radical (unpaired) electrons. The van der Waals surface area contributed by atoms with E-state index in [2.05, 4.69) is 20.4 Å². The van der Waals surface area contributed by atoms with Gasteiger partial charge in [-0.25, -0.2) is 14.3 Å². The summed E-state index contributed by atoms with van der Waals surface area (Å²) in [6.07, 6.45) is 3.92. The van der Waals surface area contributed by atoms with Crippen molar-refractivity contribution in [2.75, 3.05) is 13.2 Å². The first-order valence-electron chi connectivity index (χ1n) is 8.70. The van der Waals surface area contributed by atoms with Gasteiger partial charge in [-0.15, -0.1) is 11.3 Å². The van der Waals surface area contributed by atoms with E-state index >= 15 is 0 Å². The summed E-state index contributed by atoms with van der Waals surface area (Å²) in [7, 11) is 0. The van der Waals surface area contributed by atoms with E-state index in [9.17, 15) is 14.4 Å². The van der Waals surface area contributed by atoms with Crippen molar-refractivity contribution in [3.63, 3.8) is 0 Å². The number of amides is 1. The van der Waals surface area contributed by atoms with E-state index < -0.39 is 5.97 Å². The van der Waals surface area contributed by atoms with Crippen LogP contribution in [0.5, 0.6) is 0 Å². The van der Waals surface area contributed by atoms with Crippen LogP contribution in [0.15, 0.2) is 24.7 Å². The highest BCUT2D eigenvalue weighted by Crippen LogP contribution is 2.18. The number of ketones is 1. The largest absolute Gasteiger partial charge is 0.454 e. The Morgan fingerprint density at radius 3 is 2.82 bits per heavy atom. The minimum absolute atomic E-state index is 0.0928. The Balaban J connectivity index is 1.61. The number of aryl methyl sites for hydroxylation is 1. The van der Waals surface area contributed by atoms with Gasteiger partial charge in [0.05, 0.1) is 16.1 Å². The lowest BCUT2D eigenvalue weighted by Gasteiger charge is -2.08. The van der Waals surface area contributed by atoms with Gasteiger partial charge in [0, 0.05) is 24.5 Å². The maximum Gasteiger partial charge on any atom is 0.342 e. The van der Waals surface area contributed by atoms with E-state index in [0.29, 0.717) is 35.7 Å². The molecule has 0 aromatic carbocycles. The molecule has 10 heteroatoms. The Bertz CT molecular complexity index is 1030. The van der Waals surface area contributed by atoms with Crippen LogP contribution in [0.25, 0.3) is 5.78 Å². The van der Waals surface area contributed by atoms with Crippen LogP contribution in [0.2, 0.25) is 0 Å². The lowest BCUT2D eigenvalue weighted by atomic mass is 10.2. The fourth-order valence-electron chi connectivity index (χ4n) is 2.64. The fourth-order valence-corrected chi connectivity index (χ4v) is 3.57. The molecule has 3 aromatic heterocycles.